The lowest BCUT2D eigenvalue weighted by atomic mass is 10.2. The molecule has 0 amide bonds. The smallest absolute Gasteiger partial charge is 0.0930 e. The Bertz CT molecular complexity index is 99.4. The summed E-state index contributed by atoms with van der Waals surface area (Å²) in [7, 11) is 1.62. The second-order valence-electron chi connectivity index (χ2n) is 2.10. The molecule has 10 heavy (non-hydrogen) atoms. The number of methoxy groups -OCH3 is 1. The van der Waals surface area contributed by atoms with Crippen LogP contribution < -0.4 is 0 Å². The molecule has 0 unspecified atom stereocenters. The van der Waals surface area contributed by atoms with Crippen molar-refractivity contribution < 1.29 is 9.13 Å². The molecule has 60 valence electrons. The number of halogens is 1. The van der Waals surface area contributed by atoms with E-state index in [-0.39, 0.29) is 6.67 Å². The van der Waals surface area contributed by atoms with E-state index in [1.165, 1.54) is 0 Å². The normalized spacial score (nSPS) is 11.7. The third-order valence-corrected chi connectivity index (χ3v) is 1.24. The molecule has 0 aliphatic heterocycles. The van der Waals surface area contributed by atoms with E-state index in [9.17, 15) is 4.39 Å². The van der Waals surface area contributed by atoms with Crippen LogP contribution in [0.2, 0.25) is 0 Å². The largest absolute Gasteiger partial charge is 0.501 e. The van der Waals surface area contributed by atoms with Gasteiger partial charge in [0.05, 0.1) is 19.5 Å². The van der Waals surface area contributed by atoms with Gasteiger partial charge in [-0.05, 0) is 18.9 Å². The van der Waals surface area contributed by atoms with Crippen molar-refractivity contribution in [1.29, 1.82) is 0 Å². The van der Waals surface area contributed by atoms with Crippen LogP contribution in [0.1, 0.15) is 26.2 Å². The van der Waals surface area contributed by atoms with Gasteiger partial charge in [-0.15, -0.1) is 0 Å². The molecule has 0 radical (unpaired) electrons. The Morgan fingerprint density at radius 3 is 2.70 bits per heavy atom. The van der Waals surface area contributed by atoms with Gasteiger partial charge in [-0.3, -0.25) is 4.39 Å². The summed E-state index contributed by atoms with van der Waals surface area (Å²) in [5.41, 5.74) is 0. The highest BCUT2D eigenvalue weighted by molar-refractivity contribution is 4.91. The first kappa shape index (κ1) is 9.47. The van der Waals surface area contributed by atoms with E-state index in [1.54, 1.807) is 7.11 Å². The molecule has 1 nitrogen and oxygen atoms in total. The van der Waals surface area contributed by atoms with Crippen molar-refractivity contribution in [3.8, 4) is 0 Å². The highest BCUT2D eigenvalue weighted by Crippen LogP contribution is 2.05. The molecule has 0 aromatic rings. The van der Waals surface area contributed by atoms with Crippen molar-refractivity contribution in [2.45, 2.75) is 26.2 Å². The number of rotatable bonds is 5. The highest BCUT2D eigenvalue weighted by atomic mass is 19.1. The zero-order valence-corrected chi connectivity index (χ0v) is 6.69. The molecule has 0 aliphatic rings. The number of ether oxygens (including phenoxy) is 1. The van der Waals surface area contributed by atoms with Crippen LogP contribution in [0.15, 0.2) is 11.8 Å². The molecule has 0 saturated carbocycles. The molecule has 0 saturated heterocycles. The topological polar surface area (TPSA) is 9.23 Å². The second-order valence-corrected chi connectivity index (χ2v) is 2.10. The third-order valence-electron chi connectivity index (χ3n) is 1.24. The molecule has 0 atom stereocenters. The van der Waals surface area contributed by atoms with Gasteiger partial charge in [0.15, 0.2) is 0 Å². The zero-order chi connectivity index (χ0) is 7.82. The minimum absolute atomic E-state index is 0.295. The Morgan fingerprint density at radius 2 is 2.30 bits per heavy atom. The molecule has 0 fully saturated rings. The van der Waals surface area contributed by atoms with E-state index in [2.05, 4.69) is 6.92 Å². The summed E-state index contributed by atoms with van der Waals surface area (Å²) in [5, 5.41) is 0. The first-order valence-corrected chi connectivity index (χ1v) is 3.64. The van der Waals surface area contributed by atoms with Crippen LogP contribution in [-0.2, 0) is 4.74 Å². The van der Waals surface area contributed by atoms with Crippen molar-refractivity contribution >= 4 is 0 Å². The summed E-state index contributed by atoms with van der Waals surface area (Å²) in [6, 6.07) is 0. The molecule has 0 spiro atoms. The Labute approximate surface area is 61.9 Å². The van der Waals surface area contributed by atoms with Crippen LogP contribution in [0.4, 0.5) is 4.39 Å². The minimum Gasteiger partial charge on any atom is -0.501 e. The highest BCUT2D eigenvalue weighted by Gasteiger charge is 1.91. The molecule has 0 heterocycles. The van der Waals surface area contributed by atoms with Gasteiger partial charge in [0, 0.05) is 6.42 Å². The molecule has 0 bridgehead atoms. The van der Waals surface area contributed by atoms with Crippen LogP contribution in [0.3, 0.4) is 0 Å². The second kappa shape index (κ2) is 6.59. The Kier molecular flexibility index (Phi) is 6.24. The number of hydrogen-bond acceptors (Lipinski definition) is 1. The number of allylic oxidation sites excluding steroid dienone is 2. The molecule has 0 aliphatic carbocycles. The SMILES string of the molecule is CCC/C(=C\CCF)OC. The van der Waals surface area contributed by atoms with Crippen molar-refractivity contribution in [1.82, 2.24) is 0 Å². The molecule has 0 aromatic carbocycles. The Balaban J connectivity index is 3.55. The summed E-state index contributed by atoms with van der Waals surface area (Å²) in [6.07, 6.45) is 4.25. The van der Waals surface area contributed by atoms with Crippen LogP contribution >= 0.6 is 0 Å². The fourth-order valence-corrected chi connectivity index (χ4v) is 0.749. The van der Waals surface area contributed by atoms with Crippen molar-refractivity contribution in [2.24, 2.45) is 0 Å². The van der Waals surface area contributed by atoms with Gasteiger partial charge in [0.25, 0.3) is 0 Å². The van der Waals surface area contributed by atoms with Crippen LogP contribution in [0.5, 0.6) is 0 Å². The van der Waals surface area contributed by atoms with E-state index in [0.717, 1.165) is 18.6 Å². The lowest BCUT2D eigenvalue weighted by molar-refractivity contribution is 0.273. The molecule has 2 heteroatoms. The summed E-state index contributed by atoms with van der Waals surface area (Å²) in [5.74, 6) is 0.903. The van der Waals surface area contributed by atoms with Crippen molar-refractivity contribution in [3.05, 3.63) is 11.8 Å². The van der Waals surface area contributed by atoms with Gasteiger partial charge >= 0.3 is 0 Å². The standard InChI is InChI=1S/C8H15FO/c1-3-5-8(10-2)6-4-7-9/h6H,3-5,7H2,1-2H3/b8-6+. The van der Waals surface area contributed by atoms with E-state index in [1.807, 2.05) is 6.08 Å². The maximum Gasteiger partial charge on any atom is 0.0930 e. The van der Waals surface area contributed by atoms with Crippen molar-refractivity contribution in [3.63, 3.8) is 0 Å². The fourth-order valence-electron chi connectivity index (χ4n) is 0.749. The predicted octanol–water partition coefficient (Wildman–Crippen LogP) is 2.68. The monoisotopic (exact) mass is 146 g/mol. The van der Waals surface area contributed by atoms with Crippen LogP contribution in [-0.4, -0.2) is 13.8 Å². The predicted molar refractivity (Wildman–Crippen MR) is 40.6 cm³/mol. The van der Waals surface area contributed by atoms with Crippen LogP contribution in [0.25, 0.3) is 0 Å². The molecule has 0 aromatic heterocycles. The molecule has 0 rings (SSSR count). The maximum absolute atomic E-state index is 11.6. The van der Waals surface area contributed by atoms with Crippen molar-refractivity contribution in [2.75, 3.05) is 13.8 Å². The quantitative estimate of drug-likeness (QED) is 0.542. The van der Waals surface area contributed by atoms with E-state index in [0.29, 0.717) is 6.42 Å². The molecular formula is C8H15FO. The Hall–Kier alpha value is -0.530. The third kappa shape index (κ3) is 4.36. The van der Waals surface area contributed by atoms with Crippen LogP contribution in [0, 0.1) is 0 Å². The van der Waals surface area contributed by atoms with Gasteiger partial charge in [-0.25, -0.2) is 0 Å². The van der Waals surface area contributed by atoms with Gasteiger partial charge in [-0.1, -0.05) is 6.92 Å². The average molecular weight is 146 g/mol. The summed E-state index contributed by atoms with van der Waals surface area (Å²) in [4.78, 5) is 0. The Morgan fingerprint density at radius 1 is 1.60 bits per heavy atom. The zero-order valence-electron chi connectivity index (χ0n) is 6.69. The summed E-state index contributed by atoms with van der Waals surface area (Å²) >= 11 is 0. The first-order chi connectivity index (χ1) is 4.85. The van der Waals surface area contributed by atoms with Gasteiger partial charge in [0.2, 0.25) is 0 Å². The molecule has 0 N–H and O–H groups in total. The fraction of sp³-hybridized carbons (Fsp3) is 0.750. The van der Waals surface area contributed by atoms with Gasteiger partial charge in [0.1, 0.15) is 0 Å². The van der Waals surface area contributed by atoms with Gasteiger partial charge in [-0.2, -0.15) is 0 Å². The van der Waals surface area contributed by atoms with E-state index >= 15 is 0 Å². The molecular weight excluding hydrogens is 131 g/mol. The lowest BCUT2D eigenvalue weighted by Crippen LogP contribution is -1.86. The van der Waals surface area contributed by atoms with E-state index < -0.39 is 0 Å². The number of hydrogen-bond donors (Lipinski definition) is 0. The minimum atomic E-state index is -0.295. The average Bonchev–Trinajstić information content (AvgIpc) is 1.98. The summed E-state index contributed by atoms with van der Waals surface area (Å²) < 4.78 is 16.6. The summed E-state index contributed by atoms with van der Waals surface area (Å²) in [6.45, 7) is 1.78. The maximum atomic E-state index is 11.6. The lowest BCUT2D eigenvalue weighted by Gasteiger charge is -2.02. The van der Waals surface area contributed by atoms with E-state index in [4.69, 9.17) is 4.74 Å². The number of alkyl halides is 1. The van der Waals surface area contributed by atoms with Gasteiger partial charge < -0.3 is 4.74 Å². The first-order valence-electron chi connectivity index (χ1n) is 3.64.